The minimum atomic E-state index is -0.107. The third-order valence-electron chi connectivity index (χ3n) is 5.54. The second-order valence-electron chi connectivity index (χ2n) is 7.37. The lowest BCUT2D eigenvalue weighted by Gasteiger charge is -2.40. The van der Waals surface area contributed by atoms with Crippen LogP contribution < -0.4 is 5.73 Å². The van der Waals surface area contributed by atoms with Gasteiger partial charge < -0.3 is 25.2 Å². The maximum Gasteiger partial charge on any atom is 0.256 e. The van der Waals surface area contributed by atoms with Gasteiger partial charge in [0.2, 0.25) is 0 Å². The predicted molar refractivity (Wildman–Crippen MR) is 108 cm³/mol. The molecule has 28 heavy (non-hydrogen) atoms. The van der Waals surface area contributed by atoms with Crippen molar-refractivity contribution in [2.45, 2.75) is 33.4 Å². The SMILES string of the molecule is Cc1cccc(C(=O)N2CCN(C(=O)c3ccn(CCO)c3C)CC2C)c1N. The molecule has 1 atom stereocenters. The fourth-order valence-electron chi connectivity index (χ4n) is 3.76. The third kappa shape index (κ3) is 3.62. The number of carbonyl (C=O) groups excluding carboxylic acids is 2. The van der Waals surface area contributed by atoms with E-state index in [9.17, 15) is 9.59 Å². The molecule has 0 bridgehead atoms. The van der Waals surface area contributed by atoms with Crippen molar-refractivity contribution < 1.29 is 14.7 Å². The largest absolute Gasteiger partial charge is 0.398 e. The number of hydrogen-bond acceptors (Lipinski definition) is 4. The number of para-hydroxylation sites is 1. The van der Waals surface area contributed by atoms with E-state index in [1.54, 1.807) is 21.9 Å². The number of aromatic nitrogens is 1. The quantitative estimate of drug-likeness (QED) is 0.785. The Kier molecular flexibility index (Phi) is 5.74. The van der Waals surface area contributed by atoms with E-state index in [2.05, 4.69) is 0 Å². The zero-order valence-electron chi connectivity index (χ0n) is 16.7. The number of aryl methyl sites for hydroxylation is 1. The van der Waals surface area contributed by atoms with Gasteiger partial charge in [0.25, 0.3) is 11.8 Å². The zero-order chi connectivity index (χ0) is 20.4. The van der Waals surface area contributed by atoms with Crippen molar-refractivity contribution in [3.63, 3.8) is 0 Å². The molecule has 0 aliphatic carbocycles. The first-order chi connectivity index (χ1) is 13.3. The van der Waals surface area contributed by atoms with E-state index < -0.39 is 0 Å². The molecular weight excluding hydrogens is 356 g/mol. The average molecular weight is 384 g/mol. The van der Waals surface area contributed by atoms with Crippen LogP contribution in [-0.4, -0.2) is 63.6 Å². The van der Waals surface area contributed by atoms with Gasteiger partial charge in [0, 0.05) is 49.8 Å². The van der Waals surface area contributed by atoms with E-state index in [4.69, 9.17) is 10.8 Å². The van der Waals surface area contributed by atoms with Crippen LogP contribution in [0.25, 0.3) is 0 Å². The first kappa shape index (κ1) is 19.9. The number of nitrogens with zero attached hydrogens (tertiary/aromatic N) is 3. The van der Waals surface area contributed by atoms with Gasteiger partial charge in [-0.1, -0.05) is 12.1 Å². The van der Waals surface area contributed by atoms with Gasteiger partial charge in [-0.25, -0.2) is 0 Å². The summed E-state index contributed by atoms with van der Waals surface area (Å²) in [6.07, 6.45) is 1.82. The molecule has 1 unspecified atom stereocenters. The molecule has 0 radical (unpaired) electrons. The first-order valence-corrected chi connectivity index (χ1v) is 9.57. The number of nitrogens with two attached hydrogens (primary N) is 1. The van der Waals surface area contributed by atoms with Gasteiger partial charge in [-0.3, -0.25) is 9.59 Å². The molecule has 1 fully saturated rings. The summed E-state index contributed by atoms with van der Waals surface area (Å²) in [6, 6.07) is 7.16. The number of aliphatic hydroxyl groups excluding tert-OH is 1. The van der Waals surface area contributed by atoms with Crippen LogP contribution in [0.3, 0.4) is 0 Å². The molecule has 1 aliphatic heterocycles. The van der Waals surface area contributed by atoms with Crippen molar-refractivity contribution in [1.29, 1.82) is 0 Å². The number of benzene rings is 1. The summed E-state index contributed by atoms with van der Waals surface area (Å²) in [4.78, 5) is 29.5. The number of rotatable bonds is 4. The molecule has 150 valence electrons. The van der Waals surface area contributed by atoms with Crippen LogP contribution in [0.5, 0.6) is 0 Å². The number of carbonyl (C=O) groups is 2. The van der Waals surface area contributed by atoms with Gasteiger partial charge in [-0.2, -0.15) is 0 Å². The van der Waals surface area contributed by atoms with E-state index >= 15 is 0 Å². The van der Waals surface area contributed by atoms with Crippen LogP contribution in [0.1, 0.15) is 38.9 Å². The number of hydrogen-bond donors (Lipinski definition) is 2. The van der Waals surface area contributed by atoms with Crippen molar-refractivity contribution in [3.05, 3.63) is 52.8 Å². The number of amides is 2. The highest BCUT2D eigenvalue weighted by Crippen LogP contribution is 2.22. The van der Waals surface area contributed by atoms with Crippen LogP contribution in [0.15, 0.2) is 30.5 Å². The molecule has 2 aromatic rings. The Labute approximate surface area is 165 Å². The Balaban J connectivity index is 1.72. The molecule has 3 N–H and O–H groups in total. The topological polar surface area (TPSA) is 91.8 Å². The zero-order valence-corrected chi connectivity index (χ0v) is 16.7. The monoisotopic (exact) mass is 384 g/mol. The van der Waals surface area contributed by atoms with Crippen molar-refractivity contribution in [2.24, 2.45) is 0 Å². The molecule has 7 nitrogen and oxygen atoms in total. The van der Waals surface area contributed by atoms with Gasteiger partial charge in [0.1, 0.15) is 0 Å². The Bertz CT molecular complexity index is 890. The standard InChI is InChI=1S/C21H28N4O3/c1-14-5-4-6-18(19(14)22)21(28)25-10-9-24(13-15(25)2)20(27)17-7-8-23(11-12-26)16(17)3/h4-8,15,26H,9-13,22H2,1-3H3. The molecule has 1 aromatic carbocycles. The van der Waals surface area contributed by atoms with Crippen molar-refractivity contribution in [1.82, 2.24) is 14.4 Å². The lowest BCUT2D eigenvalue weighted by molar-refractivity contribution is 0.0414. The highest BCUT2D eigenvalue weighted by Gasteiger charge is 2.32. The normalized spacial score (nSPS) is 17.1. The maximum absolute atomic E-state index is 13.0. The van der Waals surface area contributed by atoms with E-state index in [0.717, 1.165) is 11.3 Å². The molecular formula is C21H28N4O3. The Morgan fingerprint density at radius 2 is 1.89 bits per heavy atom. The summed E-state index contributed by atoms with van der Waals surface area (Å²) in [6.45, 7) is 7.64. The van der Waals surface area contributed by atoms with Crippen molar-refractivity contribution >= 4 is 17.5 Å². The van der Waals surface area contributed by atoms with Crippen LogP contribution >= 0.6 is 0 Å². The molecule has 1 aliphatic rings. The van der Waals surface area contributed by atoms with E-state index in [0.29, 0.717) is 43.0 Å². The third-order valence-corrected chi connectivity index (χ3v) is 5.54. The summed E-state index contributed by atoms with van der Waals surface area (Å²) in [5, 5.41) is 9.12. The van der Waals surface area contributed by atoms with E-state index in [1.165, 1.54) is 0 Å². The molecule has 1 saturated heterocycles. The summed E-state index contributed by atoms with van der Waals surface area (Å²) in [7, 11) is 0. The molecule has 3 rings (SSSR count). The Hall–Kier alpha value is -2.80. The van der Waals surface area contributed by atoms with E-state index in [-0.39, 0.29) is 24.5 Å². The van der Waals surface area contributed by atoms with Crippen LogP contribution in [-0.2, 0) is 6.54 Å². The molecule has 2 heterocycles. The smallest absolute Gasteiger partial charge is 0.256 e. The molecule has 0 saturated carbocycles. The molecule has 2 amide bonds. The summed E-state index contributed by atoms with van der Waals surface area (Å²) in [5.74, 6) is -0.130. The molecule has 7 heteroatoms. The highest BCUT2D eigenvalue weighted by molar-refractivity contribution is 6.00. The fourth-order valence-corrected chi connectivity index (χ4v) is 3.76. The van der Waals surface area contributed by atoms with Gasteiger partial charge in [0.15, 0.2) is 0 Å². The van der Waals surface area contributed by atoms with Gasteiger partial charge in [-0.15, -0.1) is 0 Å². The second kappa shape index (κ2) is 8.06. The highest BCUT2D eigenvalue weighted by atomic mass is 16.3. The molecule has 0 spiro atoms. The Morgan fingerprint density at radius 1 is 1.14 bits per heavy atom. The van der Waals surface area contributed by atoms with Crippen LogP contribution in [0.4, 0.5) is 5.69 Å². The summed E-state index contributed by atoms with van der Waals surface area (Å²) >= 11 is 0. The van der Waals surface area contributed by atoms with Crippen LogP contribution in [0, 0.1) is 13.8 Å². The second-order valence-corrected chi connectivity index (χ2v) is 7.37. The lowest BCUT2D eigenvalue weighted by atomic mass is 10.0. The lowest BCUT2D eigenvalue weighted by Crippen LogP contribution is -2.55. The minimum absolute atomic E-state index is 0.0308. The minimum Gasteiger partial charge on any atom is -0.398 e. The van der Waals surface area contributed by atoms with Gasteiger partial charge in [-0.05, 0) is 38.5 Å². The van der Waals surface area contributed by atoms with E-state index in [1.807, 2.05) is 43.7 Å². The van der Waals surface area contributed by atoms with Gasteiger partial charge in [0.05, 0.1) is 17.7 Å². The number of piperazine rings is 1. The number of anilines is 1. The Morgan fingerprint density at radius 3 is 2.57 bits per heavy atom. The molecule has 1 aromatic heterocycles. The number of aliphatic hydroxyl groups is 1. The summed E-state index contributed by atoms with van der Waals surface area (Å²) in [5.41, 5.74) is 9.50. The predicted octanol–water partition coefficient (Wildman–Crippen LogP) is 1.67. The van der Waals surface area contributed by atoms with Crippen LogP contribution in [0.2, 0.25) is 0 Å². The van der Waals surface area contributed by atoms with Crippen molar-refractivity contribution in [2.75, 3.05) is 32.0 Å². The van der Waals surface area contributed by atoms with Crippen molar-refractivity contribution in [3.8, 4) is 0 Å². The summed E-state index contributed by atoms with van der Waals surface area (Å²) < 4.78 is 1.87. The fraction of sp³-hybridized carbons (Fsp3) is 0.429. The van der Waals surface area contributed by atoms with Gasteiger partial charge >= 0.3 is 0 Å². The number of nitrogen functional groups attached to an aromatic ring is 1. The first-order valence-electron chi connectivity index (χ1n) is 9.57. The maximum atomic E-state index is 13.0. The average Bonchev–Trinajstić information content (AvgIpc) is 3.03.